The molecule has 0 aliphatic carbocycles. The molecule has 2 N–H and O–H groups in total. The molecule has 2 heterocycles. The first kappa shape index (κ1) is 21.3. The topological polar surface area (TPSA) is 70.2 Å². The van der Waals surface area contributed by atoms with Crippen LogP contribution in [0.25, 0.3) is 11.3 Å². The van der Waals surface area contributed by atoms with Crippen molar-refractivity contribution >= 4 is 29.1 Å². The molecule has 3 aromatic rings. The number of benzene rings is 2. The van der Waals surface area contributed by atoms with E-state index in [1.54, 1.807) is 6.20 Å². The largest absolute Gasteiger partial charge is 0.336 e. The molecule has 0 radical (unpaired) electrons. The summed E-state index contributed by atoms with van der Waals surface area (Å²) in [5.74, 6) is 1.05. The van der Waals surface area contributed by atoms with Crippen molar-refractivity contribution in [3.05, 3.63) is 71.4 Å². The van der Waals surface area contributed by atoms with Gasteiger partial charge in [-0.15, -0.1) is 0 Å². The lowest BCUT2D eigenvalue weighted by atomic mass is 10.0. The number of nitrogens with one attached hydrogen (secondary N) is 2. The normalized spacial score (nSPS) is 16.4. The smallest absolute Gasteiger partial charge is 0.253 e. The molecule has 1 aromatic heterocycles. The Morgan fingerprint density at radius 1 is 1.13 bits per heavy atom. The van der Waals surface area contributed by atoms with Crippen LogP contribution in [0.5, 0.6) is 0 Å². The van der Waals surface area contributed by atoms with Crippen molar-refractivity contribution in [3.63, 3.8) is 0 Å². The fraction of sp³-hybridized carbons (Fsp3) is 0.292. The number of nitrogens with zero attached hydrogens (tertiary/aromatic N) is 3. The maximum absolute atomic E-state index is 12.9. The van der Waals surface area contributed by atoms with E-state index in [1.807, 2.05) is 59.5 Å². The van der Waals surface area contributed by atoms with Crippen molar-refractivity contribution in [2.75, 3.05) is 25.0 Å². The van der Waals surface area contributed by atoms with E-state index in [-0.39, 0.29) is 5.91 Å². The van der Waals surface area contributed by atoms with Gasteiger partial charge in [0.15, 0.2) is 0 Å². The van der Waals surface area contributed by atoms with Crippen molar-refractivity contribution in [3.8, 4) is 11.3 Å². The first-order valence-corrected chi connectivity index (χ1v) is 10.9. The van der Waals surface area contributed by atoms with E-state index in [4.69, 9.17) is 11.6 Å². The predicted molar refractivity (Wildman–Crippen MR) is 125 cm³/mol. The number of rotatable bonds is 5. The SMILES string of the molecule is CC(C)[C@@H]1CN(C(=O)c2ccc(Nc3nccc(-c4ccc(Cl)cc4)n3)cc2)CCN1. The third-order valence-electron chi connectivity index (χ3n) is 5.48. The minimum absolute atomic E-state index is 0.0692. The first-order valence-electron chi connectivity index (χ1n) is 10.5. The van der Waals surface area contributed by atoms with Gasteiger partial charge in [-0.1, -0.05) is 37.6 Å². The lowest BCUT2D eigenvalue weighted by molar-refractivity contribution is 0.0684. The molecule has 0 spiro atoms. The summed E-state index contributed by atoms with van der Waals surface area (Å²) in [6.07, 6.45) is 1.71. The molecule has 2 aromatic carbocycles. The highest BCUT2D eigenvalue weighted by molar-refractivity contribution is 6.30. The average Bonchev–Trinajstić information content (AvgIpc) is 2.80. The van der Waals surface area contributed by atoms with Crippen LogP contribution in [0.2, 0.25) is 5.02 Å². The zero-order chi connectivity index (χ0) is 21.8. The number of hydrogen-bond acceptors (Lipinski definition) is 5. The Morgan fingerprint density at radius 2 is 1.87 bits per heavy atom. The highest BCUT2D eigenvalue weighted by Gasteiger charge is 2.25. The van der Waals surface area contributed by atoms with E-state index in [2.05, 4.69) is 34.4 Å². The number of amides is 1. The van der Waals surface area contributed by atoms with Crippen molar-refractivity contribution in [1.29, 1.82) is 0 Å². The van der Waals surface area contributed by atoms with Gasteiger partial charge in [-0.25, -0.2) is 9.97 Å². The maximum atomic E-state index is 12.9. The fourth-order valence-corrected chi connectivity index (χ4v) is 3.74. The lowest BCUT2D eigenvalue weighted by Crippen LogP contribution is -2.54. The van der Waals surface area contributed by atoms with Crippen LogP contribution in [-0.4, -0.2) is 46.5 Å². The second kappa shape index (κ2) is 9.45. The number of carbonyl (C=O) groups excluding carboxylic acids is 1. The molecule has 7 heteroatoms. The van der Waals surface area contributed by atoms with E-state index in [0.29, 0.717) is 28.5 Å². The predicted octanol–water partition coefficient (Wildman–Crippen LogP) is 4.61. The van der Waals surface area contributed by atoms with Gasteiger partial charge in [-0.3, -0.25) is 4.79 Å². The molecule has 1 amide bonds. The molecule has 1 aliphatic heterocycles. The zero-order valence-electron chi connectivity index (χ0n) is 17.7. The summed E-state index contributed by atoms with van der Waals surface area (Å²) in [4.78, 5) is 23.7. The Balaban J connectivity index is 1.43. The zero-order valence-corrected chi connectivity index (χ0v) is 18.4. The van der Waals surface area contributed by atoms with Crippen LogP contribution < -0.4 is 10.6 Å². The number of hydrogen-bond donors (Lipinski definition) is 2. The molecular weight excluding hydrogens is 410 g/mol. The van der Waals surface area contributed by atoms with Crippen LogP contribution in [0.15, 0.2) is 60.8 Å². The van der Waals surface area contributed by atoms with Crippen molar-refractivity contribution in [2.45, 2.75) is 19.9 Å². The minimum Gasteiger partial charge on any atom is -0.336 e. The summed E-state index contributed by atoms with van der Waals surface area (Å²) in [6.45, 7) is 6.65. The van der Waals surface area contributed by atoms with Gasteiger partial charge in [0, 0.05) is 53.7 Å². The molecule has 1 saturated heterocycles. The van der Waals surface area contributed by atoms with Gasteiger partial charge in [0.2, 0.25) is 5.95 Å². The number of piperazine rings is 1. The van der Waals surface area contributed by atoms with E-state index in [1.165, 1.54) is 0 Å². The molecular formula is C24H26ClN5O. The van der Waals surface area contributed by atoms with Crippen LogP contribution in [0.3, 0.4) is 0 Å². The van der Waals surface area contributed by atoms with Crippen LogP contribution in [-0.2, 0) is 0 Å². The van der Waals surface area contributed by atoms with Gasteiger partial charge >= 0.3 is 0 Å². The summed E-state index contributed by atoms with van der Waals surface area (Å²) in [6, 6.07) is 17.2. The Morgan fingerprint density at radius 3 is 2.58 bits per heavy atom. The van der Waals surface area contributed by atoms with E-state index in [9.17, 15) is 4.79 Å². The monoisotopic (exact) mass is 435 g/mol. The van der Waals surface area contributed by atoms with E-state index in [0.717, 1.165) is 36.6 Å². The van der Waals surface area contributed by atoms with Gasteiger partial charge < -0.3 is 15.5 Å². The van der Waals surface area contributed by atoms with Crippen molar-refractivity contribution in [1.82, 2.24) is 20.2 Å². The summed E-state index contributed by atoms with van der Waals surface area (Å²) in [5.41, 5.74) is 3.28. The molecule has 6 nitrogen and oxygen atoms in total. The Labute approximate surface area is 187 Å². The second-order valence-electron chi connectivity index (χ2n) is 8.03. The molecule has 31 heavy (non-hydrogen) atoms. The third-order valence-corrected chi connectivity index (χ3v) is 5.73. The quantitative estimate of drug-likeness (QED) is 0.612. The molecule has 0 saturated carbocycles. The Bertz CT molecular complexity index is 1040. The summed E-state index contributed by atoms with van der Waals surface area (Å²) < 4.78 is 0. The highest BCUT2D eigenvalue weighted by atomic mass is 35.5. The molecule has 4 rings (SSSR count). The summed E-state index contributed by atoms with van der Waals surface area (Å²) >= 11 is 5.97. The number of halogens is 1. The van der Waals surface area contributed by atoms with Gasteiger partial charge in [0.05, 0.1) is 5.69 Å². The lowest BCUT2D eigenvalue weighted by Gasteiger charge is -2.35. The van der Waals surface area contributed by atoms with E-state index < -0.39 is 0 Å². The number of carbonyl (C=O) groups is 1. The average molecular weight is 436 g/mol. The highest BCUT2D eigenvalue weighted by Crippen LogP contribution is 2.22. The number of anilines is 2. The molecule has 1 atom stereocenters. The second-order valence-corrected chi connectivity index (χ2v) is 8.47. The van der Waals surface area contributed by atoms with Gasteiger partial charge in [-0.2, -0.15) is 0 Å². The Kier molecular flexibility index (Phi) is 6.49. The van der Waals surface area contributed by atoms with Crippen molar-refractivity contribution in [2.24, 2.45) is 5.92 Å². The van der Waals surface area contributed by atoms with Gasteiger partial charge in [0.25, 0.3) is 5.91 Å². The number of aromatic nitrogens is 2. The van der Waals surface area contributed by atoms with Gasteiger partial charge in [-0.05, 0) is 48.4 Å². The Hall–Kier alpha value is -2.96. The van der Waals surface area contributed by atoms with Crippen LogP contribution >= 0.6 is 11.6 Å². The summed E-state index contributed by atoms with van der Waals surface area (Å²) in [7, 11) is 0. The molecule has 1 aliphatic rings. The molecule has 160 valence electrons. The van der Waals surface area contributed by atoms with Crippen LogP contribution in [0.4, 0.5) is 11.6 Å². The summed E-state index contributed by atoms with van der Waals surface area (Å²) in [5, 5.41) is 7.38. The van der Waals surface area contributed by atoms with E-state index >= 15 is 0 Å². The van der Waals surface area contributed by atoms with Crippen LogP contribution in [0.1, 0.15) is 24.2 Å². The van der Waals surface area contributed by atoms with Crippen LogP contribution in [0, 0.1) is 5.92 Å². The molecule has 0 unspecified atom stereocenters. The maximum Gasteiger partial charge on any atom is 0.253 e. The van der Waals surface area contributed by atoms with Gasteiger partial charge in [0.1, 0.15) is 0 Å². The van der Waals surface area contributed by atoms with Crippen molar-refractivity contribution < 1.29 is 4.79 Å². The standard InChI is InChI=1S/C24H26ClN5O/c1-16(2)22-15-30(14-13-26-22)23(31)18-5-9-20(10-6-18)28-24-27-12-11-21(29-24)17-3-7-19(25)8-4-17/h3-12,16,22,26H,13-15H2,1-2H3,(H,27,28,29)/t22-/m0/s1. The minimum atomic E-state index is 0.0692. The fourth-order valence-electron chi connectivity index (χ4n) is 3.62. The molecule has 0 bridgehead atoms. The molecule has 1 fully saturated rings. The first-order chi connectivity index (χ1) is 15.0. The third kappa shape index (κ3) is 5.21.